The summed E-state index contributed by atoms with van der Waals surface area (Å²) in [6, 6.07) is 5.83. The number of aromatic nitrogens is 1. The van der Waals surface area contributed by atoms with Gasteiger partial charge in [-0.2, -0.15) is 0 Å². The highest BCUT2D eigenvalue weighted by Crippen LogP contribution is 2.05. The molecule has 0 fully saturated rings. The van der Waals surface area contributed by atoms with Gasteiger partial charge in [0.25, 0.3) is 0 Å². The zero-order valence-electron chi connectivity index (χ0n) is 9.74. The van der Waals surface area contributed by atoms with Gasteiger partial charge in [0.15, 0.2) is 0 Å². The molecule has 0 spiro atoms. The van der Waals surface area contributed by atoms with Crippen molar-refractivity contribution in [3.63, 3.8) is 0 Å². The number of carbonyl (C=O) groups is 1. The average Bonchev–Trinajstić information content (AvgIpc) is 2.26. The maximum absolute atomic E-state index is 11.7. The Morgan fingerprint density at radius 2 is 2.25 bits per heavy atom. The second kappa shape index (κ2) is 6.48. The third-order valence-corrected chi connectivity index (χ3v) is 2.53. The Labute approximate surface area is 101 Å². The Morgan fingerprint density at radius 1 is 1.50 bits per heavy atom. The third kappa shape index (κ3) is 3.81. The number of amides is 1. The highest BCUT2D eigenvalue weighted by atomic mass is 35.5. The van der Waals surface area contributed by atoms with Gasteiger partial charge in [0, 0.05) is 24.5 Å². The smallest absolute Gasteiger partial charge is 0.224 e. The largest absolute Gasteiger partial charge is 0.337 e. The summed E-state index contributed by atoms with van der Waals surface area (Å²) in [5, 5.41) is 0. The molecule has 1 aromatic heterocycles. The van der Waals surface area contributed by atoms with E-state index in [9.17, 15) is 4.79 Å². The summed E-state index contributed by atoms with van der Waals surface area (Å²) in [5.41, 5.74) is 1.89. The molecule has 0 aliphatic carbocycles. The summed E-state index contributed by atoms with van der Waals surface area (Å²) in [5.74, 6) is 0.456. The molecule has 0 atom stereocenters. The van der Waals surface area contributed by atoms with Gasteiger partial charge in [-0.3, -0.25) is 9.78 Å². The summed E-state index contributed by atoms with van der Waals surface area (Å²) >= 11 is 5.56. The molecule has 1 heterocycles. The molecule has 0 unspecified atom stereocenters. The van der Waals surface area contributed by atoms with Crippen molar-refractivity contribution >= 4 is 17.5 Å². The van der Waals surface area contributed by atoms with Crippen LogP contribution in [0, 0.1) is 6.92 Å². The molecular formula is C12H17ClN2O. The second-order valence-corrected chi connectivity index (χ2v) is 4.00. The first-order valence-electron chi connectivity index (χ1n) is 5.43. The number of carbonyl (C=O) groups excluding carboxylic acids is 1. The van der Waals surface area contributed by atoms with E-state index < -0.39 is 0 Å². The van der Waals surface area contributed by atoms with Gasteiger partial charge in [-0.1, -0.05) is 6.07 Å². The van der Waals surface area contributed by atoms with E-state index >= 15 is 0 Å². The molecule has 0 radical (unpaired) electrons. The van der Waals surface area contributed by atoms with E-state index in [-0.39, 0.29) is 5.91 Å². The molecule has 0 N–H and O–H groups in total. The summed E-state index contributed by atoms with van der Waals surface area (Å²) in [7, 11) is 0. The summed E-state index contributed by atoms with van der Waals surface area (Å²) in [6.45, 7) is 5.15. The number of hydrogen-bond acceptors (Lipinski definition) is 2. The third-order valence-electron chi connectivity index (χ3n) is 2.34. The van der Waals surface area contributed by atoms with Crippen molar-refractivity contribution in [2.24, 2.45) is 0 Å². The van der Waals surface area contributed by atoms with Gasteiger partial charge < -0.3 is 4.90 Å². The predicted molar refractivity (Wildman–Crippen MR) is 65.4 cm³/mol. The number of halogens is 1. The van der Waals surface area contributed by atoms with E-state index in [1.807, 2.05) is 32.0 Å². The zero-order chi connectivity index (χ0) is 12.0. The normalized spacial score (nSPS) is 10.2. The fourth-order valence-corrected chi connectivity index (χ4v) is 1.66. The SMILES string of the molecule is CCN(Cc1cccc(C)n1)C(=O)CCCl. The van der Waals surface area contributed by atoms with Crippen molar-refractivity contribution < 1.29 is 4.79 Å². The monoisotopic (exact) mass is 240 g/mol. The number of nitrogens with zero attached hydrogens (tertiary/aromatic N) is 2. The lowest BCUT2D eigenvalue weighted by molar-refractivity contribution is -0.131. The molecule has 0 aromatic carbocycles. The van der Waals surface area contributed by atoms with Gasteiger partial charge in [0.1, 0.15) is 0 Å². The van der Waals surface area contributed by atoms with Crippen LogP contribution in [-0.4, -0.2) is 28.2 Å². The first-order chi connectivity index (χ1) is 7.67. The van der Waals surface area contributed by atoms with E-state index in [2.05, 4.69) is 4.98 Å². The Kier molecular flexibility index (Phi) is 5.26. The molecule has 0 saturated carbocycles. The van der Waals surface area contributed by atoms with Crippen LogP contribution in [0.5, 0.6) is 0 Å². The van der Waals surface area contributed by atoms with Crippen LogP contribution < -0.4 is 0 Å². The van der Waals surface area contributed by atoms with Crippen LogP contribution in [0.2, 0.25) is 0 Å². The lowest BCUT2D eigenvalue weighted by atomic mass is 10.3. The zero-order valence-corrected chi connectivity index (χ0v) is 10.5. The molecule has 88 valence electrons. The molecule has 16 heavy (non-hydrogen) atoms. The summed E-state index contributed by atoms with van der Waals surface area (Å²) < 4.78 is 0. The van der Waals surface area contributed by atoms with Gasteiger partial charge >= 0.3 is 0 Å². The fraction of sp³-hybridized carbons (Fsp3) is 0.500. The maximum Gasteiger partial charge on any atom is 0.224 e. The van der Waals surface area contributed by atoms with Crippen LogP contribution in [0.15, 0.2) is 18.2 Å². The van der Waals surface area contributed by atoms with Crippen LogP contribution in [0.1, 0.15) is 24.7 Å². The first-order valence-corrected chi connectivity index (χ1v) is 5.97. The van der Waals surface area contributed by atoms with Gasteiger partial charge in [-0.05, 0) is 26.0 Å². The molecule has 1 aromatic rings. The van der Waals surface area contributed by atoms with Crippen molar-refractivity contribution in [2.75, 3.05) is 12.4 Å². The summed E-state index contributed by atoms with van der Waals surface area (Å²) in [4.78, 5) is 17.8. The molecule has 3 nitrogen and oxygen atoms in total. The van der Waals surface area contributed by atoms with E-state index in [1.54, 1.807) is 4.90 Å². The highest BCUT2D eigenvalue weighted by Gasteiger charge is 2.11. The Morgan fingerprint density at radius 3 is 2.81 bits per heavy atom. The van der Waals surface area contributed by atoms with E-state index in [0.717, 1.165) is 11.4 Å². The Hall–Kier alpha value is -1.09. The van der Waals surface area contributed by atoms with Crippen LogP contribution in [0.3, 0.4) is 0 Å². The van der Waals surface area contributed by atoms with Crippen molar-refractivity contribution in [1.29, 1.82) is 0 Å². The van der Waals surface area contributed by atoms with E-state index in [1.165, 1.54) is 0 Å². The maximum atomic E-state index is 11.7. The molecule has 4 heteroatoms. The lowest BCUT2D eigenvalue weighted by Gasteiger charge is -2.20. The number of alkyl halides is 1. The molecule has 0 bridgehead atoms. The minimum Gasteiger partial charge on any atom is -0.337 e. The van der Waals surface area contributed by atoms with Crippen molar-refractivity contribution in [3.8, 4) is 0 Å². The van der Waals surface area contributed by atoms with Crippen molar-refractivity contribution in [2.45, 2.75) is 26.8 Å². The predicted octanol–water partition coefficient (Wildman–Crippen LogP) is 2.37. The van der Waals surface area contributed by atoms with Crippen LogP contribution in [0.4, 0.5) is 0 Å². The van der Waals surface area contributed by atoms with Crippen LogP contribution in [-0.2, 0) is 11.3 Å². The van der Waals surface area contributed by atoms with E-state index in [4.69, 9.17) is 11.6 Å². The Balaban J connectivity index is 2.66. The van der Waals surface area contributed by atoms with Crippen molar-refractivity contribution in [1.82, 2.24) is 9.88 Å². The van der Waals surface area contributed by atoms with Crippen LogP contribution >= 0.6 is 11.6 Å². The van der Waals surface area contributed by atoms with Crippen molar-refractivity contribution in [3.05, 3.63) is 29.6 Å². The average molecular weight is 241 g/mol. The minimum atomic E-state index is 0.0841. The van der Waals surface area contributed by atoms with Gasteiger partial charge in [-0.25, -0.2) is 0 Å². The van der Waals surface area contributed by atoms with Crippen LogP contribution in [0.25, 0.3) is 0 Å². The fourth-order valence-electron chi connectivity index (χ4n) is 1.50. The molecular weight excluding hydrogens is 224 g/mol. The quantitative estimate of drug-likeness (QED) is 0.741. The number of aryl methyl sites for hydroxylation is 1. The first kappa shape index (κ1) is 13.0. The number of rotatable bonds is 5. The topological polar surface area (TPSA) is 33.2 Å². The second-order valence-electron chi connectivity index (χ2n) is 3.62. The minimum absolute atomic E-state index is 0.0841. The lowest BCUT2D eigenvalue weighted by Crippen LogP contribution is -2.30. The molecule has 1 amide bonds. The molecule has 1 rings (SSSR count). The Bertz CT molecular complexity index is 355. The van der Waals surface area contributed by atoms with Gasteiger partial charge in [0.05, 0.1) is 12.2 Å². The van der Waals surface area contributed by atoms with E-state index in [0.29, 0.717) is 25.4 Å². The number of pyridine rings is 1. The van der Waals surface area contributed by atoms with Gasteiger partial charge in [-0.15, -0.1) is 11.6 Å². The van der Waals surface area contributed by atoms with Gasteiger partial charge in [0.2, 0.25) is 5.91 Å². The summed E-state index contributed by atoms with van der Waals surface area (Å²) in [6.07, 6.45) is 0.390. The molecule has 0 saturated heterocycles. The molecule has 0 aliphatic rings. The standard InChI is InChI=1S/C12H17ClN2O/c1-3-15(12(16)7-8-13)9-11-6-4-5-10(2)14-11/h4-6H,3,7-9H2,1-2H3. The highest BCUT2D eigenvalue weighted by molar-refractivity contribution is 6.18. The number of hydrogen-bond donors (Lipinski definition) is 0. The molecule has 0 aliphatic heterocycles.